The van der Waals surface area contributed by atoms with Gasteiger partial charge in [-0.1, -0.05) is 93.5 Å². The van der Waals surface area contributed by atoms with E-state index in [1.54, 1.807) is 0 Å². The summed E-state index contributed by atoms with van der Waals surface area (Å²) in [5, 5.41) is 0. The Balaban J connectivity index is 0.00000233. The first-order valence-corrected chi connectivity index (χ1v) is 12.7. The van der Waals surface area contributed by atoms with Crippen LogP contribution >= 0.6 is 0 Å². The average molecular weight is 428 g/mol. The molecule has 1 saturated carbocycles. The van der Waals surface area contributed by atoms with Crippen molar-refractivity contribution < 1.29 is 0 Å². The van der Waals surface area contributed by atoms with E-state index in [-0.39, 0.29) is 16.2 Å². The van der Waals surface area contributed by atoms with Gasteiger partial charge in [-0.2, -0.15) is 0 Å². The third-order valence-electron chi connectivity index (χ3n) is 8.42. The summed E-state index contributed by atoms with van der Waals surface area (Å²) in [6.45, 7) is 34.3. The summed E-state index contributed by atoms with van der Waals surface area (Å²) in [5.74, 6) is 1.82. The van der Waals surface area contributed by atoms with Crippen LogP contribution in [0.1, 0.15) is 108 Å². The molecule has 0 saturated heterocycles. The average Bonchev–Trinajstić information content (AvgIpc) is 2.84. The predicted octanol–water partition coefficient (Wildman–Crippen LogP) is 9.23. The molecule has 2 aliphatic rings. The van der Waals surface area contributed by atoms with Gasteiger partial charge in [-0.25, -0.2) is 0 Å². The molecular formula is C30H53N. The Kier molecular flexibility index (Phi) is 9.09. The standard InChI is InChI=1S/C28H47N.C2H6/c1-12-22-16-28(11)23(26(22,8)9)17-27(10,14-13-18(2)3)21(7)24(25(28)29)20(6)15-19(4)5;1-2/h13,19,22-23H,6-7,12,14-17,29H2,1-5,8-11H3;1-2H3. The zero-order chi connectivity index (χ0) is 24.4. The molecule has 0 aromatic rings. The van der Waals surface area contributed by atoms with E-state index < -0.39 is 0 Å². The van der Waals surface area contributed by atoms with E-state index >= 15 is 0 Å². The number of rotatable bonds is 6. The fraction of sp³-hybridized carbons (Fsp3) is 0.733. The third kappa shape index (κ3) is 5.23. The first-order chi connectivity index (χ1) is 14.2. The van der Waals surface area contributed by atoms with Crippen LogP contribution in [0.2, 0.25) is 0 Å². The molecule has 2 N–H and O–H groups in total. The molecule has 2 aliphatic carbocycles. The second kappa shape index (κ2) is 10.1. The van der Waals surface area contributed by atoms with Crippen molar-refractivity contribution in [1.82, 2.24) is 0 Å². The maximum atomic E-state index is 7.12. The van der Waals surface area contributed by atoms with E-state index in [1.165, 1.54) is 35.1 Å². The van der Waals surface area contributed by atoms with E-state index in [4.69, 9.17) is 5.73 Å². The van der Waals surface area contributed by atoms with Crippen LogP contribution in [-0.4, -0.2) is 0 Å². The minimum Gasteiger partial charge on any atom is -0.401 e. The molecule has 178 valence electrons. The summed E-state index contributed by atoms with van der Waals surface area (Å²) in [5.41, 5.74) is 13.5. The summed E-state index contributed by atoms with van der Waals surface area (Å²) >= 11 is 0. The molecule has 0 radical (unpaired) electrons. The first kappa shape index (κ1) is 27.8. The summed E-state index contributed by atoms with van der Waals surface area (Å²) in [4.78, 5) is 0. The van der Waals surface area contributed by atoms with Crippen LogP contribution in [-0.2, 0) is 0 Å². The van der Waals surface area contributed by atoms with Crippen molar-refractivity contribution in [2.24, 2.45) is 39.7 Å². The van der Waals surface area contributed by atoms with Crippen molar-refractivity contribution in [3.05, 3.63) is 47.2 Å². The Labute approximate surface area is 195 Å². The van der Waals surface area contributed by atoms with E-state index in [1.807, 2.05) is 13.8 Å². The van der Waals surface area contributed by atoms with Gasteiger partial charge in [0.1, 0.15) is 0 Å². The predicted molar refractivity (Wildman–Crippen MR) is 141 cm³/mol. The van der Waals surface area contributed by atoms with Crippen molar-refractivity contribution >= 4 is 0 Å². The summed E-state index contributed by atoms with van der Waals surface area (Å²) in [7, 11) is 0. The van der Waals surface area contributed by atoms with Gasteiger partial charge in [-0.3, -0.25) is 0 Å². The SMILES string of the molecule is C=C(CC(C)C)C1=C(N)C2(C)CC(CC)C(C)(C)C2CC(C)(CC=C(C)C)C1=C.CC. The highest BCUT2D eigenvalue weighted by Gasteiger charge is 2.59. The molecule has 1 heteroatoms. The van der Waals surface area contributed by atoms with E-state index in [0.717, 1.165) is 25.0 Å². The minimum atomic E-state index is 0.0134. The monoisotopic (exact) mass is 427 g/mol. The molecule has 0 heterocycles. The van der Waals surface area contributed by atoms with Crippen molar-refractivity contribution in [1.29, 1.82) is 0 Å². The normalized spacial score (nSPS) is 32.2. The lowest BCUT2D eigenvalue weighted by Crippen LogP contribution is -2.36. The number of allylic oxidation sites excluding steroid dienone is 6. The molecular weight excluding hydrogens is 374 g/mol. The number of hydrogen-bond acceptors (Lipinski definition) is 1. The Morgan fingerprint density at radius 3 is 2.13 bits per heavy atom. The zero-order valence-corrected chi connectivity index (χ0v) is 22.8. The second-order valence-electron chi connectivity index (χ2n) is 11.8. The van der Waals surface area contributed by atoms with Gasteiger partial charge < -0.3 is 5.73 Å². The number of hydrogen-bond donors (Lipinski definition) is 1. The van der Waals surface area contributed by atoms with Gasteiger partial charge in [0, 0.05) is 11.1 Å². The lowest BCUT2D eigenvalue weighted by molar-refractivity contribution is 0.0989. The molecule has 31 heavy (non-hydrogen) atoms. The van der Waals surface area contributed by atoms with E-state index in [0.29, 0.717) is 17.8 Å². The summed E-state index contributed by atoms with van der Waals surface area (Å²) < 4.78 is 0. The van der Waals surface area contributed by atoms with Crippen LogP contribution in [0, 0.1) is 34.0 Å². The van der Waals surface area contributed by atoms with Crippen molar-refractivity contribution in [2.75, 3.05) is 0 Å². The van der Waals surface area contributed by atoms with Crippen molar-refractivity contribution in [3.8, 4) is 0 Å². The topological polar surface area (TPSA) is 26.0 Å². The van der Waals surface area contributed by atoms with Crippen LogP contribution in [0.15, 0.2) is 47.2 Å². The van der Waals surface area contributed by atoms with Crippen molar-refractivity contribution in [2.45, 2.75) is 108 Å². The second-order valence-corrected chi connectivity index (χ2v) is 11.8. The van der Waals surface area contributed by atoms with Crippen LogP contribution in [0.25, 0.3) is 0 Å². The molecule has 1 fully saturated rings. The van der Waals surface area contributed by atoms with Gasteiger partial charge in [0.15, 0.2) is 0 Å². The lowest BCUT2D eigenvalue weighted by Gasteiger charge is -2.42. The van der Waals surface area contributed by atoms with Gasteiger partial charge in [-0.05, 0) is 84.8 Å². The van der Waals surface area contributed by atoms with Crippen LogP contribution < -0.4 is 5.73 Å². The maximum Gasteiger partial charge on any atom is 0.0223 e. The highest BCUT2D eigenvalue weighted by atomic mass is 14.7. The lowest BCUT2D eigenvalue weighted by atomic mass is 9.62. The minimum absolute atomic E-state index is 0.0134. The molecule has 0 aromatic heterocycles. The first-order valence-electron chi connectivity index (χ1n) is 12.7. The van der Waals surface area contributed by atoms with Gasteiger partial charge in [0.05, 0.1) is 0 Å². The molecule has 1 nitrogen and oxygen atoms in total. The number of nitrogens with two attached hydrogens (primary N) is 1. The quantitative estimate of drug-likeness (QED) is 0.420. The Bertz CT molecular complexity index is 728. The molecule has 0 amide bonds. The van der Waals surface area contributed by atoms with Gasteiger partial charge in [0.2, 0.25) is 0 Å². The van der Waals surface area contributed by atoms with Gasteiger partial charge >= 0.3 is 0 Å². The van der Waals surface area contributed by atoms with Crippen LogP contribution in [0.3, 0.4) is 0 Å². The van der Waals surface area contributed by atoms with Gasteiger partial charge in [-0.15, -0.1) is 0 Å². The van der Waals surface area contributed by atoms with Crippen LogP contribution in [0.5, 0.6) is 0 Å². The molecule has 0 aromatic carbocycles. The number of fused-ring (bicyclic) bond motifs is 1. The van der Waals surface area contributed by atoms with Gasteiger partial charge in [0.25, 0.3) is 0 Å². The zero-order valence-electron chi connectivity index (χ0n) is 22.8. The van der Waals surface area contributed by atoms with Crippen molar-refractivity contribution in [3.63, 3.8) is 0 Å². The fourth-order valence-electron chi connectivity index (χ4n) is 6.44. The maximum absolute atomic E-state index is 7.12. The molecule has 0 aliphatic heterocycles. The Hall–Kier alpha value is -1.24. The summed E-state index contributed by atoms with van der Waals surface area (Å²) in [6.07, 6.45) is 7.95. The Morgan fingerprint density at radius 1 is 1.13 bits per heavy atom. The van der Waals surface area contributed by atoms with Crippen LogP contribution in [0.4, 0.5) is 0 Å². The van der Waals surface area contributed by atoms with E-state index in [2.05, 4.69) is 81.5 Å². The Morgan fingerprint density at radius 2 is 1.68 bits per heavy atom. The molecule has 0 bridgehead atoms. The smallest absolute Gasteiger partial charge is 0.0223 e. The summed E-state index contributed by atoms with van der Waals surface area (Å²) in [6, 6.07) is 0. The molecule has 0 spiro atoms. The molecule has 4 atom stereocenters. The third-order valence-corrected chi connectivity index (χ3v) is 8.42. The fourth-order valence-corrected chi connectivity index (χ4v) is 6.44. The highest BCUT2D eigenvalue weighted by molar-refractivity contribution is 5.53. The van der Waals surface area contributed by atoms with E-state index in [9.17, 15) is 0 Å². The largest absolute Gasteiger partial charge is 0.401 e. The highest BCUT2D eigenvalue weighted by Crippen LogP contribution is 2.67. The molecule has 4 unspecified atom stereocenters. The molecule has 2 rings (SSSR count).